The second-order valence-electron chi connectivity index (χ2n) is 7.85. The summed E-state index contributed by atoms with van der Waals surface area (Å²) in [6, 6.07) is 7.65. The zero-order valence-electron chi connectivity index (χ0n) is 17.9. The SMILES string of the molecule is CCOC(=O)[C@@H](CCc1ccccc1)N[C@H](C)C(=O)N1CC2(C[C@@H]1C(=O)O)SCCS2. The number of ether oxygens (including phenoxy) is 1. The van der Waals surface area contributed by atoms with Gasteiger partial charge in [0, 0.05) is 24.5 Å². The monoisotopic (exact) mass is 466 g/mol. The molecule has 0 bridgehead atoms. The minimum Gasteiger partial charge on any atom is -0.480 e. The summed E-state index contributed by atoms with van der Waals surface area (Å²) >= 11 is 3.50. The van der Waals surface area contributed by atoms with E-state index < -0.39 is 30.1 Å². The van der Waals surface area contributed by atoms with Gasteiger partial charge >= 0.3 is 11.9 Å². The summed E-state index contributed by atoms with van der Waals surface area (Å²) in [6.45, 7) is 4.11. The molecule has 1 aromatic rings. The molecular weight excluding hydrogens is 436 g/mol. The number of nitrogens with zero attached hydrogens (tertiary/aromatic N) is 1. The van der Waals surface area contributed by atoms with Gasteiger partial charge in [-0.1, -0.05) is 30.3 Å². The van der Waals surface area contributed by atoms with Crippen LogP contribution in [0.2, 0.25) is 0 Å². The quantitative estimate of drug-likeness (QED) is 0.536. The van der Waals surface area contributed by atoms with Gasteiger partial charge in [0.15, 0.2) is 0 Å². The molecule has 1 amide bonds. The molecule has 9 heteroatoms. The fourth-order valence-electron chi connectivity index (χ4n) is 4.09. The lowest BCUT2D eigenvalue weighted by Crippen LogP contribution is -2.53. The molecule has 0 aliphatic carbocycles. The molecule has 1 spiro atoms. The van der Waals surface area contributed by atoms with E-state index >= 15 is 0 Å². The molecule has 2 aliphatic rings. The van der Waals surface area contributed by atoms with Gasteiger partial charge in [-0.25, -0.2) is 4.79 Å². The van der Waals surface area contributed by atoms with Crippen LogP contribution < -0.4 is 5.32 Å². The van der Waals surface area contributed by atoms with Crippen molar-refractivity contribution in [2.45, 2.75) is 55.3 Å². The number of carboxylic acids is 1. The molecule has 2 saturated heterocycles. The number of nitrogens with one attached hydrogen (secondary N) is 1. The molecule has 3 atom stereocenters. The highest BCUT2D eigenvalue weighted by atomic mass is 32.2. The van der Waals surface area contributed by atoms with E-state index in [2.05, 4.69) is 5.32 Å². The number of aryl methyl sites for hydroxylation is 1. The number of carboxylic acid groups (broad SMARTS) is 1. The van der Waals surface area contributed by atoms with Crippen molar-refractivity contribution in [2.24, 2.45) is 0 Å². The van der Waals surface area contributed by atoms with Gasteiger partial charge in [0.25, 0.3) is 0 Å². The van der Waals surface area contributed by atoms with Gasteiger partial charge in [-0.3, -0.25) is 14.9 Å². The number of carbonyl (C=O) groups is 3. The fourth-order valence-corrected chi connectivity index (χ4v) is 7.34. The maximum atomic E-state index is 13.2. The molecule has 2 heterocycles. The summed E-state index contributed by atoms with van der Waals surface area (Å²) in [6.07, 6.45) is 1.60. The van der Waals surface area contributed by atoms with Crippen LogP contribution in [0.1, 0.15) is 32.3 Å². The van der Waals surface area contributed by atoms with Gasteiger partial charge in [-0.05, 0) is 32.3 Å². The highest BCUT2D eigenvalue weighted by molar-refractivity contribution is 8.21. The third-order valence-corrected chi connectivity index (χ3v) is 9.06. The maximum absolute atomic E-state index is 13.2. The van der Waals surface area contributed by atoms with Gasteiger partial charge < -0.3 is 14.7 Å². The van der Waals surface area contributed by atoms with Crippen molar-refractivity contribution < 1.29 is 24.2 Å². The van der Waals surface area contributed by atoms with E-state index in [1.54, 1.807) is 37.4 Å². The molecule has 0 radical (unpaired) electrons. The zero-order valence-corrected chi connectivity index (χ0v) is 19.5. The molecule has 2 fully saturated rings. The largest absolute Gasteiger partial charge is 0.480 e. The van der Waals surface area contributed by atoms with Crippen LogP contribution in [0.4, 0.5) is 0 Å². The Bertz CT molecular complexity index is 785. The third-order valence-electron chi connectivity index (χ3n) is 5.63. The molecule has 1 aromatic carbocycles. The Morgan fingerprint density at radius 1 is 1.26 bits per heavy atom. The van der Waals surface area contributed by atoms with E-state index in [1.807, 2.05) is 30.3 Å². The Morgan fingerprint density at radius 3 is 2.55 bits per heavy atom. The number of thioether (sulfide) groups is 2. The Morgan fingerprint density at radius 2 is 1.94 bits per heavy atom. The molecule has 0 aromatic heterocycles. The number of amides is 1. The van der Waals surface area contributed by atoms with Crippen molar-refractivity contribution in [1.82, 2.24) is 10.2 Å². The number of likely N-dealkylation sites (tertiary alicyclic amines) is 1. The lowest BCUT2D eigenvalue weighted by molar-refractivity contribution is -0.150. The predicted octanol–water partition coefficient (Wildman–Crippen LogP) is 2.39. The summed E-state index contributed by atoms with van der Waals surface area (Å²) in [4.78, 5) is 39.1. The maximum Gasteiger partial charge on any atom is 0.326 e. The first-order valence-corrected chi connectivity index (χ1v) is 12.6. The van der Waals surface area contributed by atoms with E-state index in [0.29, 0.717) is 25.8 Å². The fraction of sp³-hybridized carbons (Fsp3) is 0.591. The summed E-state index contributed by atoms with van der Waals surface area (Å²) in [5, 5.41) is 12.8. The minimum absolute atomic E-state index is 0.230. The molecule has 2 aliphatic heterocycles. The normalized spacial score (nSPS) is 21.7. The van der Waals surface area contributed by atoms with Gasteiger partial charge in [0.1, 0.15) is 12.1 Å². The van der Waals surface area contributed by atoms with Crippen molar-refractivity contribution in [1.29, 1.82) is 0 Å². The standard InChI is InChI=1S/C22H30N2O5S2/c1-3-29-21(28)17(10-9-16-7-5-4-6-8-16)23-15(2)19(25)24-14-22(30-11-12-31-22)13-18(24)20(26)27/h4-8,15,17-18,23H,3,9-14H2,1-2H3,(H,26,27)/t15-,17-,18-/m1/s1. The van der Waals surface area contributed by atoms with Crippen molar-refractivity contribution in [3.8, 4) is 0 Å². The first kappa shape index (κ1) is 23.9. The summed E-state index contributed by atoms with van der Waals surface area (Å²) in [5.74, 6) is 0.282. The smallest absolute Gasteiger partial charge is 0.326 e. The lowest BCUT2D eigenvalue weighted by atomic mass is 10.0. The number of hydrogen-bond donors (Lipinski definition) is 2. The van der Waals surface area contributed by atoms with E-state index in [-0.39, 0.29) is 16.6 Å². The lowest BCUT2D eigenvalue weighted by Gasteiger charge is -2.28. The first-order chi connectivity index (χ1) is 14.8. The van der Waals surface area contributed by atoms with Crippen molar-refractivity contribution in [3.05, 3.63) is 35.9 Å². The Labute approximate surface area is 191 Å². The number of carbonyl (C=O) groups excluding carboxylic acids is 2. The second kappa shape index (κ2) is 10.7. The Kier molecular flexibility index (Phi) is 8.30. The molecular formula is C22H30N2O5S2. The van der Waals surface area contributed by atoms with Gasteiger partial charge in [0.2, 0.25) is 5.91 Å². The Hall–Kier alpha value is -1.71. The van der Waals surface area contributed by atoms with E-state index in [9.17, 15) is 19.5 Å². The minimum atomic E-state index is -0.975. The topological polar surface area (TPSA) is 95.9 Å². The first-order valence-electron chi connectivity index (χ1n) is 10.6. The summed E-state index contributed by atoms with van der Waals surface area (Å²) < 4.78 is 4.98. The molecule has 0 saturated carbocycles. The molecule has 0 unspecified atom stereocenters. The molecule has 7 nitrogen and oxygen atoms in total. The molecule has 170 valence electrons. The van der Waals surface area contributed by atoms with Crippen molar-refractivity contribution >= 4 is 41.4 Å². The predicted molar refractivity (Wildman–Crippen MR) is 123 cm³/mol. The Balaban J connectivity index is 1.67. The zero-order chi connectivity index (χ0) is 22.4. The van der Waals surface area contributed by atoms with Crippen LogP contribution in [0.3, 0.4) is 0 Å². The van der Waals surface area contributed by atoms with Crippen LogP contribution in [0, 0.1) is 0 Å². The molecule has 2 N–H and O–H groups in total. The summed E-state index contributed by atoms with van der Waals surface area (Å²) in [5.41, 5.74) is 1.10. The van der Waals surface area contributed by atoms with Crippen LogP contribution in [-0.4, -0.2) is 74.7 Å². The van der Waals surface area contributed by atoms with Crippen LogP contribution >= 0.6 is 23.5 Å². The highest BCUT2D eigenvalue weighted by Gasteiger charge is 2.52. The molecule has 31 heavy (non-hydrogen) atoms. The molecule has 3 rings (SSSR count). The average molecular weight is 467 g/mol. The third kappa shape index (κ3) is 5.96. The van der Waals surface area contributed by atoms with E-state index in [1.165, 1.54) is 4.90 Å². The number of rotatable bonds is 9. The van der Waals surface area contributed by atoms with E-state index in [4.69, 9.17) is 4.74 Å². The number of benzene rings is 1. The number of hydrogen-bond acceptors (Lipinski definition) is 7. The van der Waals surface area contributed by atoms with Crippen molar-refractivity contribution in [3.63, 3.8) is 0 Å². The number of esters is 1. The van der Waals surface area contributed by atoms with Gasteiger partial charge in [-0.15, -0.1) is 23.5 Å². The van der Waals surface area contributed by atoms with Crippen molar-refractivity contribution in [2.75, 3.05) is 24.7 Å². The number of aliphatic carboxylic acids is 1. The average Bonchev–Trinajstić information content (AvgIpc) is 3.38. The second-order valence-corrected chi connectivity index (χ2v) is 11.1. The highest BCUT2D eigenvalue weighted by Crippen LogP contribution is 2.51. The summed E-state index contributed by atoms with van der Waals surface area (Å²) in [7, 11) is 0. The van der Waals surface area contributed by atoms with Crippen LogP contribution in [0.15, 0.2) is 30.3 Å². The van der Waals surface area contributed by atoms with Crippen LogP contribution in [0.5, 0.6) is 0 Å². The van der Waals surface area contributed by atoms with Gasteiger partial charge in [-0.2, -0.15) is 0 Å². The van der Waals surface area contributed by atoms with Crippen LogP contribution in [0.25, 0.3) is 0 Å². The van der Waals surface area contributed by atoms with Crippen LogP contribution in [-0.2, 0) is 25.5 Å². The van der Waals surface area contributed by atoms with Gasteiger partial charge in [0.05, 0.1) is 16.7 Å². The van der Waals surface area contributed by atoms with E-state index in [0.717, 1.165) is 17.1 Å².